The van der Waals surface area contributed by atoms with Gasteiger partial charge in [-0.25, -0.2) is 9.97 Å². The highest BCUT2D eigenvalue weighted by Gasteiger charge is 2.28. The van der Waals surface area contributed by atoms with Gasteiger partial charge in [-0.1, -0.05) is 0 Å². The first kappa shape index (κ1) is 13.9. The summed E-state index contributed by atoms with van der Waals surface area (Å²) in [6.45, 7) is 4.84. The molecule has 0 bridgehead atoms. The van der Waals surface area contributed by atoms with Gasteiger partial charge in [0.15, 0.2) is 0 Å². The molecule has 1 aliphatic carbocycles. The first-order chi connectivity index (χ1) is 10.1. The van der Waals surface area contributed by atoms with E-state index in [1.54, 1.807) is 6.26 Å². The Morgan fingerprint density at radius 3 is 2.67 bits per heavy atom. The van der Waals surface area contributed by atoms with Crippen molar-refractivity contribution in [2.24, 2.45) is 0 Å². The highest BCUT2D eigenvalue weighted by atomic mass is 16.3. The number of nitrogens with zero attached hydrogens (tertiary/aromatic N) is 3. The smallest absolute Gasteiger partial charge is 0.137 e. The fraction of sp³-hybridized carbons (Fsp3) is 0.500. The van der Waals surface area contributed by atoms with Crippen LogP contribution in [0.25, 0.3) is 0 Å². The molecule has 0 unspecified atom stereocenters. The normalized spacial score (nSPS) is 14.3. The van der Waals surface area contributed by atoms with Crippen LogP contribution in [0.3, 0.4) is 0 Å². The zero-order chi connectivity index (χ0) is 15.0. The topological polar surface area (TPSA) is 54.2 Å². The van der Waals surface area contributed by atoms with Gasteiger partial charge in [0.2, 0.25) is 0 Å². The number of aryl methyl sites for hydroxylation is 1. The Hall–Kier alpha value is -2.04. The van der Waals surface area contributed by atoms with Crippen molar-refractivity contribution in [3.05, 3.63) is 35.0 Å². The molecule has 1 N–H and O–H groups in total. The Bertz CT molecular complexity index is 646. The number of anilines is 2. The van der Waals surface area contributed by atoms with Gasteiger partial charge in [0.25, 0.3) is 0 Å². The van der Waals surface area contributed by atoms with Crippen molar-refractivity contribution >= 4 is 11.6 Å². The molecule has 0 aromatic carbocycles. The summed E-state index contributed by atoms with van der Waals surface area (Å²) in [5.41, 5.74) is 2.28. The van der Waals surface area contributed by atoms with E-state index in [1.165, 1.54) is 18.4 Å². The van der Waals surface area contributed by atoms with Crippen LogP contribution in [0.4, 0.5) is 11.6 Å². The van der Waals surface area contributed by atoms with Gasteiger partial charge in [-0.2, -0.15) is 0 Å². The van der Waals surface area contributed by atoms with Gasteiger partial charge in [0.1, 0.15) is 23.2 Å². The molecule has 5 nitrogen and oxygen atoms in total. The molecule has 3 rings (SSSR count). The van der Waals surface area contributed by atoms with Gasteiger partial charge in [-0.15, -0.1) is 0 Å². The fourth-order valence-corrected chi connectivity index (χ4v) is 2.57. The predicted octanol–water partition coefficient (Wildman–Crippen LogP) is 3.24. The lowest BCUT2D eigenvalue weighted by molar-refractivity contribution is 0.529. The van der Waals surface area contributed by atoms with E-state index in [0.717, 1.165) is 35.3 Å². The molecule has 2 heterocycles. The van der Waals surface area contributed by atoms with Gasteiger partial charge >= 0.3 is 0 Å². The van der Waals surface area contributed by atoms with Crippen molar-refractivity contribution in [1.29, 1.82) is 0 Å². The average molecular weight is 286 g/mol. The minimum atomic E-state index is 0.542. The van der Waals surface area contributed by atoms with Crippen LogP contribution in [0.2, 0.25) is 0 Å². The van der Waals surface area contributed by atoms with Gasteiger partial charge in [-0.3, -0.25) is 0 Å². The maximum Gasteiger partial charge on any atom is 0.137 e. The molecule has 0 atom stereocenters. The summed E-state index contributed by atoms with van der Waals surface area (Å²) in [5.74, 6) is 4.40. The summed E-state index contributed by atoms with van der Waals surface area (Å²) in [7, 11) is 3.98. The van der Waals surface area contributed by atoms with E-state index < -0.39 is 0 Å². The van der Waals surface area contributed by atoms with Crippen molar-refractivity contribution < 1.29 is 4.42 Å². The molecule has 2 aromatic rings. The van der Waals surface area contributed by atoms with Crippen LogP contribution in [0, 0.1) is 13.8 Å². The first-order valence-electron chi connectivity index (χ1n) is 7.40. The zero-order valence-corrected chi connectivity index (χ0v) is 13.1. The lowest BCUT2D eigenvalue weighted by atomic mass is 10.2. The third-order valence-corrected chi connectivity index (χ3v) is 4.05. The number of hydrogen-bond acceptors (Lipinski definition) is 5. The van der Waals surface area contributed by atoms with Gasteiger partial charge in [0, 0.05) is 37.7 Å². The number of furan rings is 1. The molecule has 1 aliphatic rings. The van der Waals surface area contributed by atoms with Crippen LogP contribution in [0.1, 0.15) is 41.5 Å². The highest BCUT2D eigenvalue weighted by Crippen LogP contribution is 2.40. The number of hydrogen-bond donors (Lipinski definition) is 1. The minimum absolute atomic E-state index is 0.542. The van der Waals surface area contributed by atoms with Crippen LogP contribution < -0.4 is 10.2 Å². The Balaban J connectivity index is 1.92. The molecule has 0 saturated heterocycles. The first-order valence-corrected chi connectivity index (χ1v) is 7.40. The Kier molecular flexibility index (Phi) is 3.57. The lowest BCUT2D eigenvalue weighted by Crippen LogP contribution is -2.21. The van der Waals surface area contributed by atoms with Crippen LogP contribution in [-0.2, 0) is 6.54 Å². The Morgan fingerprint density at radius 2 is 2.10 bits per heavy atom. The molecular weight excluding hydrogens is 264 g/mol. The lowest BCUT2D eigenvalue weighted by Gasteiger charge is -2.22. The summed E-state index contributed by atoms with van der Waals surface area (Å²) in [6.07, 6.45) is 4.15. The molecular formula is C16H22N4O. The van der Waals surface area contributed by atoms with E-state index >= 15 is 0 Å². The third kappa shape index (κ3) is 2.73. The Labute approximate surface area is 125 Å². The second-order valence-corrected chi connectivity index (χ2v) is 5.76. The van der Waals surface area contributed by atoms with Crippen LogP contribution in [0.15, 0.2) is 16.7 Å². The summed E-state index contributed by atoms with van der Waals surface area (Å²) in [6, 6.07) is 2.02. The van der Waals surface area contributed by atoms with Gasteiger partial charge in [-0.05, 0) is 32.8 Å². The fourth-order valence-electron chi connectivity index (χ4n) is 2.57. The van der Waals surface area contributed by atoms with E-state index in [2.05, 4.69) is 29.2 Å². The second-order valence-electron chi connectivity index (χ2n) is 5.76. The number of nitrogens with one attached hydrogen (secondary N) is 1. The Morgan fingerprint density at radius 1 is 1.33 bits per heavy atom. The highest BCUT2D eigenvalue weighted by molar-refractivity contribution is 5.58. The standard InChI is InChI=1S/C16H22N4O/c1-10-14(17-3)18-15(12-5-6-12)19-16(10)20(4)9-13-7-8-21-11(13)2/h7-8,12H,5-6,9H2,1-4H3,(H,17,18,19). The van der Waals surface area contributed by atoms with E-state index in [9.17, 15) is 0 Å². The molecule has 0 spiro atoms. The molecule has 21 heavy (non-hydrogen) atoms. The molecule has 0 aliphatic heterocycles. The largest absolute Gasteiger partial charge is 0.469 e. The summed E-state index contributed by atoms with van der Waals surface area (Å²) >= 11 is 0. The minimum Gasteiger partial charge on any atom is -0.469 e. The maximum atomic E-state index is 5.38. The molecule has 0 radical (unpaired) electrons. The van der Waals surface area contributed by atoms with Gasteiger partial charge in [0.05, 0.1) is 6.26 Å². The quantitative estimate of drug-likeness (QED) is 0.914. The van der Waals surface area contributed by atoms with E-state index in [-0.39, 0.29) is 0 Å². The van der Waals surface area contributed by atoms with E-state index in [4.69, 9.17) is 9.40 Å². The van der Waals surface area contributed by atoms with E-state index in [1.807, 2.05) is 20.0 Å². The van der Waals surface area contributed by atoms with Crippen molar-refractivity contribution in [3.63, 3.8) is 0 Å². The molecule has 112 valence electrons. The molecule has 1 saturated carbocycles. The SMILES string of the molecule is CNc1nc(C2CC2)nc(N(C)Cc2ccoc2C)c1C. The van der Waals surface area contributed by atoms with Crippen LogP contribution in [0.5, 0.6) is 0 Å². The monoisotopic (exact) mass is 286 g/mol. The molecule has 0 amide bonds. The van der Waals surface area contributed by atoms with E-state index in [0.29, 0.717) is 5.92 Å². The number of rotatable bonds is 5. The van der Waals surface area contributed by atoms with Crippen molar-refractivity contribution in [3.8, 4) is 0 Å². The molecule has 2 aromatic heterocycles. The molecule has 1 fully saturated rings. The van der Waals surface area contributed by atoms with Crippen molar-refractivity contribution in [2.75, 3.05) is 24.3 Å². The maximum absolute atomic E-state index is 5.38. The zero-order valence-electron chi connectivity index (χ0n) is 13.1. The third-order valence-electron chi connectivity index (χ3n) is 4.05. The second kappa shape index (κ2) is 5.39. The summed E-state index contributed by atoms with van der Waals surface area (Å²) < 4.78 is 5.38. The van der Waals surface area contributed by atoms with Crippen LogP contribution >= 0.6 is 0 Å². The van der Waals surface area contributed by atoms with Crippen molar-refractivity contribution in [2.45, 2.75) is 39.2 Å². The van der Waals surface area contributed by atoms with Crippen LogP contribution in [-0.4, -0.2) is 24.1 Å². The molecule has 5 heteroatoms. The summed E-state index contributed by atoms with van der Waals surface area (Å²) in [4.78, 5) is 11.6. The number of aromatic nitrogens is 2. The predicted molar refractivity (Wildman–Crippen MR) is 83.8 cm³/mol. The average Bonchev–Trinajstić information content (AvgIpc) is 3.24. The van der Waals surface area contributed by atoms with Gasteiger partial charge < -0.3 is 14.6 Å². The summed E-state index contributed by atoms with van der Waals surface area (Å²) in [5, 5.41) is 3.19. The van der Waals surface area contributed by atoms with Crippen molar-refractivity contribution in [1.82, 2.24) is 9.97 Å².